The number of allylic oxidation sites excluding steroid dienone is 4. The highest BCUT2D eigenvalue weighted by atomic mass is 19.4. The van der Waals surface area contributed by atoms with E-state index in [1.165, 1.54) is 19.1 Å². The minimum atomic E-state index is -5.13. The summed E-state index contributed by atoms with van der Waals surface area (Å²) >= 11 is 0. The highest BCUT2D eigenvalue weighted by Crippen LogP contribution is 2.33. The van der Waals surface area contributed by atoms with Crippen molar-refractivity contribution in [3.63, 3.8) is 0 Å². The van der Waals surface area contributed by atoms with Gasteiger partial charge in [-0.3, -0.25) is 0 Å². The third-order valence-corrected chi connectivity index (χ3v) is 5.10. The van der Waals surface area contributed by atoms with Gasteiger partial charge < -0.3 is 29.5 Å². The number of hydrogen-bond acceptors (Lipinski definition) is 6. The number of alkyl halides is 6. The van der Waals surface area contributed by atoms with Crippen LogP contribution in [-0.2, 0) is 20.8 Å². The molecule has 0 unspecified atom stereocenters. The number of hydrogen-bond donors (Lipinski definition) is 3. The summed E-state index contributed by atoms with van der Waals surface area (Å²) in [6, 6.07) is 5.09. The molecule has 1 fully saturated rings. The van der Waals surface area contributed by atoms with E-state index in [-0.39, 0.29) is 12.7 Å². The smallest absolute Gasteiger partial charge is 0.394 e. The number of rotatable bonds is 9. The van der Waals surface area contributed by atoms with Gasteiger partial charge in [-0.15, -0.1) is 0 Å². The van der Waals surface area contributed by atoms with E-state index in [0.717, 1.165) is 18.2 Å². The van der Waals surface area contributed by atoms with Crippen LogP contribution in [0.15, 0.2) is 60.2 Å². The van der Waals surface area contributed by atoms with Gasteiger partial charge in [-0.1, -0.05) is 30.9 Å². The maximum Gasteiger partial charge on any atom is 0.416 e. The molecule has 6 atom stereocenters. The summed E-state index contributed by atoms with van der Waals surface area (Å²) in [6.45, 7) is 2.89. The summed E-state index contributed by atoms with van der Waals surface area (Å²) < 4.78 is 107. The average molecular weight is 530 g/mol. The van der Waals surface area contributed by atoms with Crippen molar-refractivity contribution in [3.05, 3.63) is 71.6 Å². The van der Waals surface area contributed by atoms with Crippen molar-refractivity contribution in [2.24, 2.45) is 0 Å². The molecule has 3 N–H and O–H groups in total. The van der Waals surface area contributed by atoms with Crippen molar-refractivity contribution in [3.8, 4) is 0 Å². The molecule has 0 spiro atoms. The summed E-state index contributed by atoms with van der Waals surface area (Å²) in [6.07, 6.45) is -17.9. The molecule has 1 saturated heterocycles. The Hall–Kier alpha value is -2.29. The average Bonchev–Trinajstić information content (AvgIpc) is 2.78. The van der Waals surface area contributed by atoms with Crippen molar-refractivity contribution < 1.29 is 60.3 Å². The molecule has 1 aromatic rings. The van der Waals surface area contributed by atoms with Crippen LogP contribution in [0, 0.1) is 5.82 Å². The van der Waals surface area contributed by atoms with Crippen LogP contribution < -0.4 is 0 Å². The zero-order valence-corrected chi connectivity index (χ0v) is 18.8. The van der Waals surface area contributed by atoms with Gasteiger partial charge in [0.2, 0.25) is 0 Å². The van der Waals surface area contributed by atoms with Crippen molar-refractivity contribution in [2.75, 3.05) is 6.61 Å². The molecule has 1 aliphatic heterocycles. The molecule has 0 bridgehead atoms. The lowest BCUT2D eigenvalue weighted by molar-refractivity contribution is -0.316. The first-order valence-corrected chi connectivity index (χ1v) is 10.5. The van der Waals surface area contributed by atoms with Crippen molar-refractivity contribution in [2.45, 2.75) is 62.7 Å². The van der Waals surface area contributed by atoms with E-state index >= 15 is 0 Å². The van der Waals surface area contributed by atoms with Gasteiger partial charge in [-0.2, -0.15) is 26.3 Å². The second kappa shape index (κ2) is 12.3. The molecule has 202 valence electrons. The molecule has 0 aromatic heterocycles. The summed E-state index contributed by atoms with van der Waals surface area (Å²) in [5, 5.41) is 30.0. The molecule has 2 rings (SSSR count). The fourth-order valence-corrected chi connectivity index (χ4v) is 3.11. The highest BCUT2D eigenvalue weighted by Gasteiger charge is 2.46. The third-order valence-electron chi connectivity index (χ3n) is 5.10. The normalized spacial score (nSPS) is 26.9. The number of benzene rings is 1. The first-order chi connectivity index (χ1) is 16.6. The SMILES string of the molecule is C=C(/C=C(\C=C\[C@@H](C)O[C@H]1O[C@H](CO)[C@H](O)[C@H](O)[C@H]1OCc1ccc(F)cc1)C(F)(F)F)C(F)(F)F. The van der Waals surface area contributed by atoms with Crippen LogP contribution in [0.3, 0.4) is 0 Å². The molecule has 1 aromatic carbocycles. The van der Waals surface area contributed by atoms with Gasteiger partial charge in [-0.05, 0) is 30.7 Å². The Labute approximate surface area is 201 Å². The molecule has 0 aliphatic carbocycles. The highest BCUT2D eigenvalue weighted by molar-refractivity contribution is 5.34. The lowest BCUT2D eigenvalue weighted by atomic mass is 9.99. The van der Waals surface area contributed by atoms with Gasteiger partial charge in [0, 0.05) is 5.57 Å². The Morgan fingerprint density at radius 3 is 2.22 bits per heavy atom. The summed E-state index contributed by atoms with van der Waals surface area (Å²) in [5.74, 6) is -0.506. The third kappa shape index (κ3) is 8.39. The molecule has 6 nitrogen and oxygen atoms in total. The maximum absolute atomic E-state index is 13.2. The first kappa shape index (κ1) is 29.9. The molecule has 13 heteroatoms. The van der Waals surface area contributed by atoms with E-state index in [2.05, 4.69) is 6.58 Å². The Bertz CT molecular complexity index is 926. The zero-order chi connectivity index (χ0) is 27.3. The van der Waals surface area contributed by atoms with Crippen LogP contribution in [0.4, 0.5) is 30.7 Å². The van der Waals surface area contributed by atoms with E-state index in [1.54, 1.807) is 0 Å². The predicted molar refractivity (Wildman–Crippen MR) is 112 cm³/mol. The Morgan fingerprint density at radius 2 is 1.69 bits per heavy atom. The zero-order valence-electron chi connectivity index (χ0n) is 18.8. The minimum Gasteiger partial charge on any atom is -0.394 e. The first-order valence-electron chi connectivity index (χ1n) is 10.5. The summed E-state index contributed by atoms with van der Waals surface area (Å²) in [5.41, 5.74) is -2.88. The maximum atomic E-state index is 13.2. The van der Waals surface area contributed by atoms with Crippen LogP contribution in [0.2, 0.25) is 0 Å². The number of ether oxygens (including phenoxy) is 3. The molecule has 1 aliphatic rings. The molecule has 0 radical (unpaired) electrons. The van der Waals surface area contributed by atoms with E-state index in [1.807, 2.05) is 0 Å². The fourth-order valence-electron chi connectivity index (χ4n) is 3.11. The van der Waals surface area contributed by atoms with Crippen LogP contribution >= 0.6 is 0 Å². The van der Waals surface area contributed by atoms with Gasteiger partial charge in [0.1, 0.15) is 30.2 Å². The fraction of sp³-hybridized carbons (Fsp3) is 0.478. The number of halogens is 7. The quantitative estimate of drug-likeness (QED) is 0.333. The number of aliphatic hydroxyl groups is 3. The van der Waals surface area contributed by atoms with Gasteiger partial charge in [0.05, 0.1) is 24.9 Å². The monoisotopic (exact) mass is 530 g/mol. The van der Waals surface area contributed by atoms with E-state index in [4.69, 9.17) is 14.2 Å². The Balaban J connectivity index is 2.19. The van der Waals surface area contributed by atoms with Crippen LogP contribution in [-0.4, -0.2) is 71.1 Å². The largest absolute Gasteiger partial charge is 0.416 e. The van der Waals surface area contributed by atoms with E-state index in [9.17, 15) is 46.1 Å². The van der Waals surface area contributed by atoms with Crippen LogP contribution in [0.1, 0.15) is 12.5 Å². The number of aliphatic hydroxyl groups excluding tert-OH is 3. The lowest BCUT2D eigenvalue weighted by Crippen LogP contribution is -2.60. The molecule has 0 saturated carbocycles. The summed E-state index contributed by atoms with van der Waals surface area (Å²) in [4.78, 5) is 0. The van der Waals surface area contributed by atoms with Gasteiger partial charge in [0.25, 0.3) is 0 Å². The molecule has 36 heavy (non-hydrogen) atoms. The lowest BCUT2D eigenvalue weighted by Gasteiger charge is -2.42. The Kier molecular flexibility index (Phi) is 10.2. The molecular weight excluding hydrogens is 505 g/mol. The van der Waals surface area contributed by atoms with Crippen LogP contribution in [0.25, 0.3) is 0 Å². The van der Waals surface area contributed by atoms with Gasteiger partial charge >= 0.3 is 12.4 Å². The summed E-state index contributed by atoms with van der Waals surface area (Å²) in [7, 11) is 0. The van der Waals surface area contributed by atoms with Gasteiger partial charge in [0.15, 0.2) is 6.29 Å². The van der Waals surface area contributed by atoms with Crippen molar-refractivity contribution in [1.29, 1.82) is 0 Å². The van der Waals surface area contributed by atoms with E-state index < -0.39 is 72.7 Å². The Morgan fingerprint density at radius 1 is 1.08 bits per heavy atom. The topological polar surface area (TPSA) is 88.4 Å². The molecule has 0 amide bonds. The van der Waals surface area contributed by atoms with E-state index in [0.29, 0.717) is 11.6 Å². The molecule has 1 heterocycles. The van der Waals surface area contributed by atoms with Gasteiger partial charge in [-0.25, -0.2) is 4.39 Å². The predicted octanol–water partition coefficient (Wildman–Crippen LogP) is 3.72. The second-order valence-electron chi connectivity index (χ2n) is 7.93. The van der Waals surface area contributed by atoms with Crippen molar-refractivity contribution >= 4 is 0 Å². The second-order valence-corrected chi connectivity index (χ2v) is 7.93. The standard InChI is InChI=1S/C23H25F7O6/c1-12(22(25,26)27)9-15(23(28,29)30)6-3-13(2)35-21-20(19(33)18(32)17(10-31)36-21)34-11-14-4-7-16(24)8-5-14/h3-9,13,17-21,31-33H,1,10-11H2,2H3/b6-3+,15-9+/t13-,17-,18+,19+,20-,21+/m1/s1. The minimum absolute atomic E-state index is 0.156. The van der Waals surface area contributed by atoms with Crippen LogP contribution in [0.5, 0.6) is 0 Å². The molecular formula is C23H25F7O6. The van der Waals surface area contributed by atoms with Crippen molar-refractivity contribution in [1.82, 2.24) is 0 Å².